The minimum absolute atomic E-state index is 0.978. The number of likely N-dealkylation sites (N-methyl/N-ethyl adjacent to an activating group) is 1. The molecule has 1 N–H and O–H groups in total. The molecule has 0 saturated carbocycles. The van der Waals surface area contributed by atoms with Gasteiger partial charge < -0.3 is 10.2 Å². The number of nitrogens with one attached hydrogen (secondary N) is 1. The van der Waals surface area contributed by atoms with Crippen LogP contribution in [0.5, 0.6) is 0 Å². The SMILES string of the molecule is CNCCCc1c(C)nn(CCN(C)C)c1C. The van der Waals surface area contributed by atoms with E-state index >= 15 is 0 Å². The van der Waals surface area contributed by atoms with Crippen LogP contribution in [0, 0.1) is 13.8 Å². The summed E-state index contributed by atoms with van der Waals surface area (Å²) in [6.45, 7) is 7.39. The maximum Gasteiger partial charge on any atom is 0.0628 e. The van der Waals surface area contributed by atoms with Crippen molar-refractivity contribution in [2.75, 3.05) is 34.2 Å². The Morgan fingerprint density at radius 3 is 2.59 bits per heavy atom. The smallest absolute Gasteiger partial charge is 0.0628 e. The number of aromatic nitrogens is 2. The summed E-state index contributed by atoms with van der Waals surface area (Å²) in [6.07, 6.45) is 2.30. The molecule has 0 unspecified atom stereocenters. The fourth-order valence-corrected chi connectivity index (χ4v) is 2.05. The Labute approximate surface area is 105 Å². The minimum Gasteiger partial charge on any atom is -0.320 e. The maximum atomic E-state index is 4.63. The Hall–Kier alpha value is -0.870. The predicted molar refractivity (Wildman–Crippen MR) is 72.5 cm³/mol. The summed E-state index contributed by atoms with van der Waals surface area (Å²) in [5.74, 6) is 0. The van der Waals surface area contributed by atoms with Gasteiger partial charge in [0.1, 0.15) is 0 Å². The van der Waals surface area contributed by atoms with Gasteiger partial charge in [-0.2, -0.15) is 5.10 Å². The van der Waals surface area contributed by atoms with Crippen LogP contribution in [0.25, 0.3) is 0 Å². The van der Waals surface area contributed by atoms with Crippen molar-refractivity contribution >= 4 is 0 Å². The molecule has 0 aliphatic heterocycles. The van der Waals surface area contributed by atoms with Crippen LogP contribution in [0.1, 0.15) is 23.4 Å². The highest BCUT2D eigenvalue weighted by atomic mass is 15.3. The van der Waals surface area contributed by atoms with E-state index < -0.39 is 0 Å². The first-order valence-electron chi connectivity index (χ1n) is 6.38. The van der Waals surface area contributed by atoms with Crippen LogP contribution in [0.2, 0.25) is 0 Å². The third kappa shape index (κ3) is 4.13. The Kier molecular flexibility index (Phi) is 5.65. The Bertz CT molecular complexity index is 341. The largest absolute Gasteiger partial charge is 0.320 e. The summed E-state index contributed by atoms with van der Waals surface area (Å²) in [4.78, 5) is 2.19. The highest BCUT2D eigenvalue weighted by Crippen LogP contribution is 2.14. The topological polar surface area (TPSA) is 33.1 Å². The average molecular weight is 238 g/mol. The maximum absolute atomic E-state index is 4.63. The monoisotopic (exact) mass is 238 g/mol. The Morgan fingerprint density at radius 1 is 1.29 bits per heavy atom. The first-order valence-corrected chi connectivity index (χ1v) is 6.38. The third-order valence-electron chi connectivity index (χ3n) is 3.14. The molecule has 1 heterocycles. The van der Waals surface area contributed by atoms with Crippen LogP contribution in [0.15, 0.2) is 0 Å². The molecule has 1 aromatic heterocycles. The molecule has 0 amide bonds. The van der Waals surface area contributed by atoms with Crippen molar-refractivity contribution < 1.29 is 0 Å². The van der Waals surface area contributed by atoms with Crippen LogP contribution in [0.4, 0.5) is 0 Å². The fourth-order valence-electron chi connectivity index (χ4n) is 2.05. The molecule has 17 heavy (non-hydrogen) atoms. The zero-order valence-corrected chi connectivity index (χ0v) is 11.9. The normalized spacial score (nSPS) is 11.4. The highest BCUT2D eigenvalue weighted by molar-refractivity contribution is 5.24. The van der Waals surface area contributed by atoms with Gasteiger partial charge in [0.15, 0.2) is 0 Å². The van der Waals surface area contributed by atoms with Gasteiger partial charge >= 0.3 is 0 Å². The van der Waals surface area contributed by atoms with Crippen LogP contribution in [-0.4, -0.2) is 48.9 Å². The molecule has 0 saturated heterocycles. The first-order chi connectivity index (χ1) is 8.06. The molecule has 1 rings (SSSR count). The molecule has 4 heteroatoms. The van der Waals surface area contributed by atoms with Crippen molar-refractivity contribution in [3.8, 4) is 0 Å². The average Bonchev–Trinajstić information content (AvgIpc) is 2.53. The van der Waals surface area contributed by atoms with Crippen molar-refractivity contribution in [2.45, 2.75) is 33.2 Å². The van der Waals surface area contributed by atoms with E-state index in [0.29, 0.717) is 0 Å². The Morgan fingerprint density at radius 2 is 2.00 bits per heavy atom. The molecule has 0 atom stereocenters. The van der Waals surface area contributed by atoms with E-state index in [1.807, 2.05) is 7.05 Å². The van der Waals surface area contributed by atoms with Gasteiger partial charge in [0.2, 0.25) is 0 Å². The summed E-state index contributed by atoms with van der Waals surface area (Å²) in [5.41, 5.74) is 3.96. The Balaban J connectivity index is 2.65. The van der Waals surface area contributed by atoms with Crippen molar-refractivity contribution in [2.24, 2.45) is 0 Å². The lowest BCUT2D eigenvalue weighted by Crippen LogP contribution is -2.19. The van der Waals surface area contributed by atoms with E-state index in [2.05, 4.69) is 47.9 Å². The number of hydrogen-bond acceptors (Lipinski definition) is 3. The van der Waals surface area contributed by atoms with Gasteiger partial charge in [0, 0.05) is 12.2 Å². The van der Waals surface area contributed by atoms with Crippen LogP contribution < -0.4 is 5.32 Å². The van der Waals surface area contributed by atoms with Crippen molar-refractivity contribution in [3.63, 3.8) is 0 Å². The van der Waals surface area contributed by atoms with Crippen LogP contribution >= 0.6 is 0 Å². The molecule has 1 aromatic rings. The lowest BCUT2D eigenvalue weighted by atomic mass is 10.1. The fraction of sp³-hybridized carbons (Fsp3) is 0.769. The van der Waals surface area contributed by atoms with Gasteiger partial charge in [-0.25, -0.2) is 0 Å². The van der Waals surface area contributed by atoms with Gasteiger partial charge in [-0.1, -0.05) is 0 Å². The summed E-state index contributed by atoms with van der Waals surface area (Å²) in [7, 11) is 6.19. The zero-order chi connectivity index (χ0) is 12.8. The lowest BCUT2D eigenvalue weighted by molar-refractivity contribution is 0.370. The molecular weight excluding hydrogens is 212 g/mol. The van der Waals surface area contributed by atoms with Crippen molar-refractivity contribution in [3.05, 3.63) is 17.0 Å². The molecule has 98 valence electrons. The summed E-state index contributed by atoms with van der Waals surface area (Å²) in [5, 5.41) is 7.82. The molecule has 0 aliphatic rings. The molecule has 0 aromatic carbocycles. The second-order valence-electron chi connectivity index (χ2n) is 4.88. The second kappa shape index (κ2) is 6.77. The summed E-state index contributed by atoms with van der Waals surface area (Å²) >= 11 is 0. The van der Waals surface area contributed by atoms with E-state index in [1.165, 1.54) is 23.4 Å². The van der Waals surface area contributed by atoms with E-state index in [1.54, 1.807) is 0 Å². The van der Waals surface area contributed by atoms with Crippen molar-refractivity contribution in [1.82, 2.24) is 20.0 Å². The quantitative estimate of drug-likeness (QED) is 0.725. The van der Waals surface area contributed by atoms with Gasteiger partial charge in [-0.15, -0.1) is 0 Å². The highest BCUT2D eigenvalue weighted by Gasteiger charge is 2.10. The number of nitrogens with zero attached hydrogens (tertiary/aromatic N) is 3. The van der Waals surface area contributed by atoms with Gasteiger partial charge in [-0.05, 0) is 59.9 Å². The van der Waals surface area contributed by atoms with Gasteiger partial charge in [0.05, 0.1) is 12.2 Å². The molecule has 0 fully saturated rings. The number of rotatable bonds is 7. The first kappa shape index (κ1) is 14.2. The molecule has 4 nitrogen and oxygen atoms in total. The van der Waals surface area contributed by atoms with Gasteiger partial charge in [-0.3, -0.25) is 4.68 Å². The van der Waals surface area contributed by atoms with E-state index in [4.69, 9.17) is 0 Å². The van der Waals surface area contributed by atoms with E-state index in [0.717, 1.165) is 26.1 Å². The molecule has 0 bridgehead atoms. The van der Waals surface area contributed by atoms with E-state index in [9.17, 15) is 0 Å². The predicted octanol–water partition coefficient (Wildman–Crippen LogP) is 1.21. The molecule has 0 aliphatic carbocycles. The molecular formula is C13H26N4. The number of aryl methyl sites for hydroxylation is 1. The lowest BCUT2D eigenvalue weighted by Gasteiger charge is -2.10. The third-order valence-corrected chi connectivity index (χ3v) is 3.14. The summed E-state index contributed by atoms with van der Waals surface area (Å²) < 4.78 is 2.14. The van der Waals surface area contributed by atoms with Crippen molar-refractivity contribution in [1.29, 1.82) is 0 Å². The zero-order valence-electron chi connectivity index (χ0n) is 11.9. The van der Waals surface area contributed by atoms with Gasteiger partial charge in [0.25, 0.3) is 0 Å². The summed E-state index contributed by atoms with van der Waals surface area (Å²) in [6, 6.07) is 0. The molecule has 0 spiro atoms. The minimum atomic E-state index is 0.978. The van der Waals surface area contributed by atoms with Crippen LogP contribution in [-0.2, 0) is 13.0 Å². The molecule has 0 radical (unpaired) electrons. The second-order valence-corrected chi connectivity index (χ2v) is 4.88. The van der Waals surface area contributed by atoms with Crippen LogP contribution in [0.3, 0.4) is 0 Å². The number of hydrogen-bond donors (Lipinski definition) is 1. The van der Waals surface area contributed by atoms with E-state index in [-0.39, 0.29) is 0 Å². The standard InChI is InChI=1S/C13H26N4/c1-11-13(7-6-8-14-3)12(2)17(15-11)10-9-16(4)5/h14H,6-10H2,1-5H3.